The van der Waals surface area contributed by atoms with Crippen molar-refractivity contribution in [2.45, 2.75) is 6.92 Å². The van der Waals surface area contributed by atoms with Gasteiger partial charge in [-0.3, -0.25) is 25.0 Å². The number of carbonyl (C=O) groups is 3. The Bertz CT molecular complexity index is 717. The van der Waals surface area contributed by atoms with Gasteiger partial charge in [-0.2, -0.15) is 0 Å². The number of nitrogens with one attached hydrogen (secondary N) is 2. The SMILES string of the molecule is CCN1C(=O)C(=C2C(=O)NC(=S)NC2=O)c2ccccc21. The third-order valence-electron chi connectivity index (χ3n) is 3.40. The van der Waals surface area contributed by atoms with Crippen molar-refractivity contribution in [3.8, 4) is 0 Å². The molecule has 0 bridgehead atoms. The van der Waals surface area contributed by atoms with Gasteiger partial charge in [-0.25, -0.2) is 0 Å². The van der Waals surface area contributed by atoms with Gasteiger partial charge < -0.3 is 4.90 Å². The third-order valence-corrected chi connectivity index (χ3v) is 3.60. The number of likely N-dealkylation sites (N-methyl/N-ethyl adjacent to an activating group) is 1. The molecule has 0 atom stereocenters. The number of hydrogen-bond acceptors (Lipinski definition) is 4. The van der Waals surface area contributed by atoms with Gasteiger partial charge in [0.1, 0.15) is 5.57 Å². The summed E-state index contributed by atoms with van der Waals surface area (Å²) in [7, 11) is 0. The summed E-state index contributed by atoms with van der Waals surface area (Å²) >= 11 is 4.76. The number of benzene rings is 1. The number of rotatable bonds is 1. The van der Waals surface area contributed by atoms with Crippen LogP contribution < -0.4 is 15.5 Å². The van der Waals surface area contributed by atoms with E-state index in [-0.39, 0.29) is 22.2 Å². The van der Waals surface area contributed by atoms with Gasteiger partial charge in [0.25, 0.3) is 17.7 Å². The van der Waals surface area contributed by atoms with Gasteiger partial charge in [0, 0.05) is 12.1 Å². The maximum absolute atomic E-state index is 12.5. The number of amides is 3. The van der Waals surface area contributed by atoms with Crippen LogP contribution in [0.15, 0.2) is 29.8 Å². The van der Waals surface area contributed by atoms with Crippen LogP contribution in [0.2, 0.25) is 0 Å². The minimum Gasteiger partial charge on any atom is -0.308 e. The number of nitrogens with zero attached hydrogens (tertiary/aromatic N) is 1. The summed E-state index contributed by atoms with van der Waals surface area (Å²) in [6.45, 7) is 2.28. The van der Waals surface area contributed by atoms with Gasteiger partial charge in [0.15, 0.2) is 5.11 Å². The first-order valence-corrected chi connectivity index (χ1v) is 6.77. The number of anilines is 1. The molecule has 1 aromatic rings. The molecule has 1 aromatic carbocycles. The molecule has 2 heterocycles. The van der Waals surface area contributed by atoms with Gasteiger partial charge in [0.2, 0.25) is 0 Å². The number of para-hydroxylation sites is 1. The fourth-order valence-electron chi connectivity index (χ4n) is 2.53. The van der Waals surface area contributed by atoms with Gasteiger partial charge in [-0.1, -0.05) is 18.2 Å². The lowest BCUT2D eigenvalue weighted by atomic mass is 9.99. The van der Waals surface area contributed by atoms with E-state index in [9.17, 15) is 14.4 Å². The van der Waals surface area contributed by atoms with Crippen LogP contribution in [0.1, 0.15) is 12.5 Å². The molecule has 3 amide bonds. The molecule has 0 aliphatic carbocycles. The maximum atomic E-state index is 12.5. The Kier molecular flexibility index (Phi) is 3.06. The average molecular weight is 301 g/mol. The van der Waals surface area contributed by atoms with Crippen LogP contribution in [-0.4, -0.2) is 29.4 Å². The monoisotopic (exact) mass is 301 g/mol. The number of carbonyl (C=O) groups excluding carboxylic acids is 3. The maximum Gasteiger partial charge on any atom is 0.263 e. The van der Waals surface area contributed by atoms with Gasteiger partial charge >= 0.3 is 0 Å². The molecule has 0 saturated carbocycles. The number of hydrogen-bond donors (Lipinski definition) is 2. The second-order valence-corrected chi connectivity index (χ2v) is 4.96. The molecular weight excluding hydrogens is 290 g/mol. The predicted octanol–water partition coefficient (Wildman–Crippen LogP) is 0.338. The topological polar surface area (TPSA) is 78.5 Å². The van der Waals surface area contributed by atoms with E-state index >= 15 is 0 Å². The van der Waals surface area contributed by atoms with E-state index in [0.717, 1.165) is 0 Å². The lowest BCUT2D eigenvalue weighted by Gasteiger charge is -2.18. The highest BCUT2D eigenvalue weighted by molar-refractivity contribution is 7.80. The van der Waals surface area contributed by atoms with Gasteiger partial charge in [-0.05, 0) is 25.2 Å². The molecule has 0 aromatic heterocycles. The molecule has 2 aliphatic rings. The second-order valence-electron chi connectivity index (χ2n) is 4.55. The molecule has 21 heavy (non-hydrogen) atoms. The molecule has 1 saturated heterocycles. The second kappa shape index (κ2) is 4.78. The molecular formula is C14H11N3O3S. The summed E-state index contributed by atoms with van der Waals surface area (Å²) in [6.07, 6.45) is 0. The minimum atomic E-state index is -0.653. The highest BCUT2D eigenvalue weighted by Gasteiger charge is 2.39. The molecule has 0 spiro atoms. The first kappa shape index (κ1) is 13.4. The van der Waals surface area contributed by atoms with Crippen LogP contribution in [0.25, 0.3) is 5.57 Å². The Labute approximate surface area is 125 Å². The molecule has 3 rings (SSSR count). The van der Waals surface area contributed by atoms with Crippen molar-refractivity contribution in [1.29, 1.82) is 0 Å². The predicted molar refractivity (Wildman–Crippen MR) is 80.3 cm³/mol. The van der Waals surface area contributed by atoms with E-state index in [0.29, 0.717) is 17.8 Å². The normalized spacial score (nSPS) is 17.9. The zero-order chi connectivity index (χ0) is 15.1. The summed E-state index contributed by atoms with van der Waals surface area (Å²) in [4.78, 5) is 38.2. The van der Waals surface area contributed by atoms with Crippen molar-refractivity contribution in [3.63, 3.8) is 0 Å². The van der Waals surface area contributed by atoms with Crippen molar-refractivity contribution in [2.75, 3.05) is 11.4 Å². The highest BCUT2D eigenvalue weighted by atomic mass is 32.1. The van der Waals surface area contributed by atoms with E-state index in [2.05, 4.69) is 10.6 Å². The summed E-state index contributed by atoms with van der Waals surface area (Å²) in [5.41, 5.74) is 1.20. The zero-order valence-corrected chi connectivity index (χ0v) is 11.9. The molecule has 2 N–H and O–H groups in total. The molecule has 0 unspecified atom stereocenters. The zero-order valence-electron chi connectivity index (χ0n) is 11.1. The van der Waals surface area contributed by atoms with Crippen LogP contribution in [0, 0.1) is 0 Å². The number of thiocarbonyl (C=S) groups is 1. The summed E-state index contributed by atoms with van der Waals surface area (Å²) in [5, 5.41) is 4.65. The van der Waals surface area contributed by atoms with Gasteiger partial charge in [0.05, 0.1) is 11.3 Å². The Hall–Kier alpha value is -2.54. The first-order valence-electron chi connectivity index (χ1n) is 6.36. The van der Waals surface area contributed by atoms with Crippen molar-refractivity contribution in [1.82, 2.24) is 10.6 Å². The van der Waals surface area contributed by atoms with Crippen molar-refractivity contribution in [3.05, 3.63) is 35.4 Å². The van der Waals surface area contributed by atoms with Crippen LogP contribution in [-0.2, 0) is 14.4 Å². The lowest BCUT2D eigenvalue weighted by Crippen LogP contribution is -2.52. The quantitative estimate of drug-likeness (QED) is 0.445. The standard InChI is InChI=1S/C14H11N3O3S/c1-2-17-8-6-4-3-5-7(8)9(13(17)20)10-11(18)15-14(21)16-12(10)19/h3-6H,2H2,1H3,(H2,15,16,18,19,21). The smallest absolute Gasteiger partial charge is 0.263 e. The molecule has 6 nitrogen and oxygen atoms in total. The molecule has 7 heteroatoms. The van der Waals surface area contributed by atoms with E-state index in [1.807, 2.05) is 6.92 Å². The van der Waals surface area contributed by atoms with Crippen LogP contribution >= 0.6 is 12.2 Å². The molecule has 106 valence electrons. The van der Waals surface area contributed by atoms with Crippen LogP contribution in [0.5, 0.6) is 0 Å². The Morgan fingerprint density at radius 1 is 1.05 bits per heavy atom. The Morgan fingerprint density at radius 3 is 2.29 bits per heavy atom. The van der Waals surface area contributed by atoms with Crippen molar-refractivity contribution >= 4 is 46.3 Å². The summed E-state index contributed by atoms with van der Waals surface area (Å²) < 4.78 is 0. The molecule has 0 radical (unpaired) electrons. The lowest BCUT2D eigenvalue weighted by molar-refractivity contribution is -0.124. The summed E-state index contributed by atoms with van der Waals surface area (Å²) in [6, 6.07) is 7.07. The molecule has 1 fully saturated rings. The van der Waals surface area contributed by atoms with Crippen LogP contribution in [0.3, 0.4) is 0 Å². The first-order chi connectivity index (χ1) is 10.0. The molecule has 2 aliphatic heterocycles. The third kappa shape index (κ3) is 1.93. The average Bonchev–Trinajstić information content (AvgIpc) is 2.70. The highest BCUT2D eigenvalue weighted by Crippen LogP contribution is 2.38. The van der Waals surface area contributed by atoms with Gasteiger partial charge in [-0.15, -0.1) is 0 Å². The fourth-order valence-corrected chi connectivity index (χ4v) is 2.71. The van der Waals surface area contributed by atoms with E-state index in [1.165, 1.54) is 4.90 Å². The van der Waals surface area contributed by atoms with E-state index in [1.54, 1.807) is 24.3 Å². The van der Waals surface area contributed by atoms with Crippen molar-refractivity contribution < 1.29 is 14.4 Å². The van der Waals surface area contributed by atoms with E-state index in [4.69, 9.17) is 12.2 Å². The Morgan fingerprint density at radius 2 is 1.67 bits per heavy atom. The summed E-state index contributed by atoms with van der Waals surface area (Å²) in [5.74, 6) is -1.66. The van der Waals surface area contributed by atoms with Crippen molar-refractivity contribution in [2.24, 2.45) is 0 Å². The van der Waals surface area contributed by atoms with Crippen LogP contribution in [0.4, 0.5) is 5.69 Å². The number of fused-ring (bicyclic) bond motifs is 1. The Balaban J connectivity index is 2.25. The fraction of sp³-hybridized carbons (Fsp3) is 0.143. The minimum absolute atomic E-state index is 0.0552. The largest absolute Gasteiger partial charge is 0.308 e. The van der Waals surface area contributed by atoms with E-state index < -0.39 is 11.8 Å².